The Hall–Kier alpha value is -6.78. The summed E-state index contributed by atoms with van der Waals surface area (Å²) in [6.45, 7) is 4.44. The second-order valence-electron chi connectivity index (χ2n) is 15.6. The molecular weight excluding hydrogens is 737 g/mol. The number of hydrogen-bond donors (Lipinski definition) is 0. The number of ether oxygens (including phenoxy) is 2. The standard InChI is InChI=1S/C56H50O4/c1-3-5-7-13-39-19-23-41(24-20-39)43-27-31-47(32-28-43)55(57)59-51-37-35-45-15-9-11-17-49(45)53(51)54-50-18-12-10-16-46(50)36-38-52(54)60-56(58)48-33-29-44(30-34-48)42-25-21-40(22-26-42)14-8-6-4-2/h9-12,15-38H,3-8,13-14H2,1-2H3. The Bertz CT molecular complexity index is 2540. The number of esters is 2. The van der Waals surface area contributed by atoms with Crippen LogP contribution in [0, 0.1) is 0 Å². The fourth-order valence-electron chi connectivity index (χ4n) is 7.99. The highest BCUT2D eigenvalue weighted by atomic mass is 16.5. The molecule has 0 unspecified atom stereocenters. The summed E-state index contributed by atoms with van der Waals surface area (Å²) in [6, 6.07) is 56.0. The summed E-state index contributed by atoms with van der Waals surface area (Å²) in [5.74, 6) is -0.213. The van der Waals surface area contributed by atoms with E-state index in [1.807, 2.05) is 121 Å². The zero-order valence-electron chi connectivity index (χ0n) is 34.5. The number of fused-ring (bicyclic) bond motifs is 2. The third-order valence-electron chi connectivity index (χ3n) is 11.4. The number of benzene rings is 8. The highest BCUT2D eigenvalue weighted by Gasteiger charge is 2.23. The first kappa shape index (κ1) is 40.0. The molecule has 4 heteroatoms. The molecule has 0 bridgehead atoms. The maximum absolute atomic E-state index is 14.0. The molecule has 0 radical (unpaired) electrons. The SMILES string of the molecule is CCCCCc1ccc(-c2ccc(C(=O)Oc3ccc4ccccc4c3-c3c(OC(=O)c4ccc(-c5ccc(CCCCC)cc5)cc4)ccc4ccccc34)cc2)cc1. The fraction of sp³-hybridized carbons (Fsp3) is 0.179. The van der Waals surface area contributed by atoms with Gasteiger partial charge >= 0.3 is 11.9 Å². The zero-order valence-corrected chi connectivity index (χ0v) is 34.5. The molecule has 4 nitrogen and oxygen atoms in total. The number of aryl methyl sites for hydroxylation is 2. The van der Waals surface area contributed by atoms with Gasteiger partial charge in [-0.05, 0) is 117 Å². The average Bonchev–Trinajstić information content (AvgIpc) is 3.30. The molecule has 0 aliphatic heterocycles. The molecule has 298 valence electrons. The monoisotopic (exact) mass is 786 g/mol. The molecule has 0 aromatic heterocycles. The van der Waals surface area contributed by atoms with Crippen LogP contribution in [0.3, 0.4) is 0 Å². The minimum absolute atomic E-state index is 0.371. The number of carbonyl (C=O) groups excluding carboxylic acids is 2. The van der Waals surface area contributed by atoms with Gasteiger partial charge in [-0.1, -0.05) is 173 Å². The highest BCUT2D eigenvalue weighted by molar-refractivity contribution is 6.11. The Balaban J connectivity index is 1.08. The summed E-state index contributed by atoms with van der Waals surface area (Å²) < 4.78 is 12.6. The van der Waals surface area contributed by atoms with E-state index in [1.165, 1.54) is 49.7 Å². The lowest BCUT2D eigenvalue weighted by atomic mass is 9.92. The van der Waals surface area contributed by atoms with E-state index >= 15 is 0 Å². The van der Waals surface area contributed by atoms with Crippen molar-refractivity contribution in [3.8, 4) is 44.9 Å². The largest absolute Gasteiger partial charge is 0.422 e. The molecule has 0 spiro atoms. The van der Waals surface area contributed by atoms with Gasteiger partial charge in [-0.25, -0.2) is 9.59 Å². The number of carbonyl (C=O) groups is 2. The molecule has 0 amide bonds. The van der Waals surface area contributed by atoms with Gasteiger partial charge < -0.3 is 9.47 Å². The van der Waals surface area contributed by atoms with Crippen LogP contribution in [0.2, 0.25) is 0 Å². The van der Waals surface area contributed by atoms with Crippen LogP contribution >= 0.6 is 0 Å². The predicted octanol–water partition coefficient (Wildman–Crippen LogP) is 14.9. The molecule has 0 saturated heterocycles. The maximum Gasteiger partial charge on any atom is 0.343 e. The minimum atomic E-state index is -0.477. The third kappa shape index (κ3) is 9.09. The quantitative estimate of drug-likeness (QED) is 0.0590. The Morgan fingerprint density at radius 1 is 0.383 bits per heavy atom. The number of hydrogen-bond acceptors (Lipinski definition) is 4. The molecule has 0 aliphatic rings. The summed E-state index contributed by atoms with van der Waals surface area (Å²) in [5.41, 5.74) is 9.15. The van der Waals surface area contributed by atoms with Crippen molar-refractivity contribution < 1.29 is 19.1 Å². The lowest BCUT2D eigenvalue weighted by Crippen LogP contribution is -2.11. The van der Waals surface area contributed by atoms with E-state index in [1.54, 1.807) is 0 Å². The van der Waals surface area contributed by atoms with E-state index < -0.39 is 11.9 Å². The second-order valence-corrected chi connectivity index (χ2v) is 15.6. The first-order valence-corrected chi connectivity index (χ1v) is 21.4. The van der Waals surface area contributed by atoms with E-state index in [0.29, 0.717) is 33.8 Å². The molecule has 0 aliphatic carbocycles. The summed E-state index contributed by atoms with van der Waals surface area (Å²) in [6.07, 6.45) is 9.45. The highest BCUT2D eigenvalue weighted by Crippen LogP contribution is 2.46. The van der Waals surface area contributed by atoms with E-state index in [-0.39, 0.29) is 0 Å². The van der Waals surface area contributed by atoms with Crippen LogP contribution in [0.25, 0.3) is 54.9 Å². The lowest BCUT2D eigenvalue weighted by molar-refractivity contribution is 0.0723. The van der Waals surface area contributed by atoms with Crippen LogP contribution in [-0.4, -0.2) is 11.9 Å². The maximum atomic E-state index is 14.0. The zero-order chi connectivity index (χ0) is 41.3. The first-order valence-electron chi connectivity index (χ1n) is 21.4. The topological polar surface area (TPSA) is 52.6 Å². The molecule has 0 atom stereocenters. The van der Waals surface area contributed by atoms with Crippen molar-refractivity contribution in [3.63, 3.8) is 0 Å². The molecular formula is C56H50O4. The first-order chi connectivity index (χ1) is 29.5. The Kier molecular flexibility index (Phi) is 12.6. The smallest absolute Gasteiger partial charge is 0.343 e. The van der Waals surface area contributed by atoms with Gasteiger partial charge in [0.2, 0.25) is 0 Å². The molecule has 8 rings (SSSR count). The van der Waals surface area contributed by atoms with Crippen LogP contribution in [-0.2, 0) is 12.8 Å². The van der Waals surface area contributed by atoms with Gasteiger partial charge in [0.05, 0.1) is 11.1 Å². The van der Waals surface area contributed by atoms with Crippen molar-refractivity contribution in [1.29, 1.82) is 0 Å². The normalized spacial score (nSPS) is 11.2. The molecule has 0 fully saturated rings. The Labute approximate surface area is 353 Å². The summed E-state index contributed by atoms with van der Waals surface area (Å²) in [5, 5.41) is 3.65. The third-order valence-corrected chi connectivity index (χ3v) is 11.4. The van der Waals surface area contributed by atoms with E-state index in [2.05, 4.69) is 62.4 Å². The van der Waals surface area contributed by atoms with E-state index in [4.69, 9.17) is 9.47 Å². The van der Waals surface area contributed by atoms with Crippen molar-refractivity contribution in [3.05, 3.63) is 192 Å². The summed E-state index contributed by atoms with van der Waals surface area (Å²) in [7, 11) is 0. The minimum Gasteiger partial charge on any atom is -0.422 e. The summed E-state index contributed by atoms with van der Waals surface area (Å²) >= 11 is 0. The predicted molar refractivity (Wildman–Crippen MR) is 247 cm³/mol. The van der Waals surface area contributed by atoms with Crippen LogP contribution in [0.5, 0.6) is 11.5 Å². The molecule has 0 N–H and O–H groups in total. The summed E-state index contributed by atoms with van der Waals surface area (Å²) in [4.78, 5) is 27.9. The second kappa shape index (κ2) is 18.9. The molecule has 60 heavy (non-hydrogen) atoms. The molecule has 0 saturated carbocycles. The van der Waals surface area contributed by atoms with Crippen LogP contribution in [0.1, 0.15) is 84.2 Å². The molecule has 8 aromatic carbocycles. The van der Waals surface area contributed by atoms with E-state index in [0.717, 1.165) is 56.6 Å². The van der Waals surface area contributed by atoms with Gasteiger partial charge in [0.1, 0.15) is 11.5 Å². The van der Waals surface area contributed by atoms with Crippen molar-refractivity contribution in [2.24, 2.45) is 0 Å². The van der Waals surface area contributed by atoms with Gasteiger partial charge in [0.15, 0.2) is 0 Å². The lowest BCUT2D eigenvalue weighted by Gasteiger charge is -2.19. The van der Waals surface area contributed by atoms with Crippen molar-refractivity contribution in [2.45, 2.75) is 65.2 Å². The van der Waals surface area contributed by atoms with Gasteiger partial charge in [-0.3, -0.25) is 0 Å². The Morgan fingerprint density at radius 2 is 0.733 bits per heavy atom. The number of rotatable bonds is 15. The molecule has 0 heterocycles. The number of unbranched alkanes of at least 4 members (excludes halogenated alkanes) is 4. The Morgan fingerprint density at radius 3 is 1.10 bits per heavy atom. The van der Waals surface area contributed by atoms with Crippen LogP contribution in [0.4, 0.5) is 0 Å². The van der Waals surface area contributed by atoms with Crippen LogP contribution in [0.15, 0.2) is 170 Å². The fourth-order valence-corrected chi connectivity index (χ4v) is 7.99. The van der Waals surface area contributed by atoms with Crippen molar-refractivity contribution in [1.82, 2.24) is 0 Å². The van der Waals surface area contributed by atoms with Crippen LogP contribution < -0.4 is 9.47 Å². The van der Waals surface area contributed by atoms with Gasteiger partial charge in [-0.2, -0.15) is 0 Å². The van der Waals surface area contributed by atoms with E-state index in [9.17, 15) is 9.59 Å². The van der Waals surface area contributed by atoms with Gasteiger partial charge in [0.25, 0.3) is 0 Å². The van der Waals surface area contributed by atoms with Crippen molar-refractivity contribution >= 4 is 33.5 Å². The van der Waals surface area contributed by atoms with Gasteiger partial charge in [-0.15, -0.1) is 0 Å². The average molecular weight is 787 g/mol. The molecule has 8 aromatic rings. The van der Waals surface area contributed by atoms with Gasteiger partial charge in [0, 0.05) is 11.1 Å². The van der Waals surface area contributed by atoms with Crippen molar-refractivity contribution in [2.75, 3.05) is 0 Å².